The van der Waals surface area contributed by atoms with E-state index in [1.54, 1.807) is 0 Å². The molecule has 0 radical (unpaired) electrons. The van der Waals surface area contributed by atoms with E-state index in [2.05, 4.69) is 69.6 Å². The predicted molar refractivity (Wildman–Crippen MR) is 126 cm³/mol. The number of amides is 1. The summed E-state index contributed by atoms with van der Waals surface area (Å²) in [6.07, 6.45) is 4.61. The summed E-state index contributed by atoms with van der Waals surface area (Å²) in [4.78, 5) is 9.91. The van der Waals surface area contributed by atoms with Crippen LogP contribution in [0.5, 0.6) is 0 Å². The van der Waals surface area contributed by atoms with Gasteiger partial charge in [-0.3, -0.25) is 0 Å². The van der Waals surface area contributed by atoms with Gasteiger partial charge in [0.25, 0.3) is 0 Å². The second-order valence-corrected chi connectivity index (χ2v) is 9.53. The number of nitrogens with zero attached hydrogens (tertiary/aromatic N) is 1. The van der Waals surface area contributed by atoms with Gasteiger partial charge in [0.05, 0.1) is 10.1 Å². The van der Waals surface area contributed by atoms with Gasteiger partial charge in [-0.05, 0) is 13.3 Å². The van der Waals surface area contributed by atoms with E-state index in [9.17, 15) is 17.8 Å². The Hall–Kier alpha value is 3.48. The number of carbonyl (C=O) groups is 1. The van der Waals surface area contributed by atoms with Gasteiger partial charge >= 0.3 is 124 Å². The molecule has 130 valence electrons. The first-order valence-corrected chi connectivity index (χ1v) is 42.1. The second kappa shape index (κ2) is 26.7. The molecule has 0 rings (SSSR count). The maximum absolute atomic E-state index is 10.4. The molecule has 5 nitrogen and oxygen atoms in total. The van der Waals surface area contributed by atoms with Crippen molar-refractivity contribution >= 4 is 119 Å². The minimum atomic E-state index is -4.04. The molecule has 1 amide bonds. The molecule has 0 aromatic carbocycles. The summed E-state index contributed by atoms with van der Waals surface area (Å²) in [7, 11) is -4.04. The zero-order chi connectivity index (χ0) is 18.6. The van der Waals surface area contributed by atoms with Crippen LogP contribution in [0.2, 0.25) is 0 Å². The molecule has 0 aliphatic heterocycles. The number of halogens is 3. The summed E-state index contributed by atoms with van der Waals surface area (Å²) in [6, 6.07) is 0. The summed E-state index contributed by atoms with van der Waals surface area (Å²) in [5, 5.41) is -0.714. The fourth-order valence-electron chi connectivity index (χ4n) is 1.07. The van der Waals surface area contributed by atoms with Crippen LogP contribution in [0.3, 0.4) is 0 Å². The molecule has 0 fully saturated rings. The Morgan fingerprint density at radius 3 is 1.91 bits per heavy atom. The van der Waals surface area contributed by atoms with Crippen LogP contribution in [0.4, 0.5) is 0 Å². The van der Waals surface area contributed by atoms with Crippen LogP contribution >= 0.6 is 59.0 Å². The van der Waals surface area contributed by atoms with Crippen LogP contribution in [0.1, 0.15) is 52.9 Å². The van der Waals surface area contributed by atoms with Gasteiger partial charge in [-0.1, -0.05) is 32.6 Å². The summed E-state index contributed by atoms with van der Waals surface area (Å²) in [5.74, 6) is -0.0237. The van der Waals surface area contributed by atoms with Gasteiger partial charge < -0.3 is 4.55 Å². The molecule has 0 aromatic rings. The molecule has 1 unspecified atom stereocenters. The molecule has 0 saturated carbocycles. The quantitative estimate of drug-likeness (QED) is 0.178. The van der Waals surface area contributed by atoms with E-state index < -0.39 is 29.0 Å². The topological polar surface area (TPSA) is 86.6 Å². The van der Waals surface area contributed by atoms with E-state index >= 15 is 0 Å². The van der Waals surface area contributed by atoms with E-state index in [0.29, 0.717) is 6.42 Å². The van der Waals surface area contributed by atoms with Crippen LogP contribution in [0.15, 0.2) is 3.65 Å². The van der Waals surface area contributed by atoms with Gasteiger partial charge in [0.1, 0.15) is 0 Å². The van der Waals surface area contributed by atoms with Crippen LogP contribution in [0.25, 0.3) is 0 Å². The molecule has 0 spiro atoms. The van der Waals surface area contributed by atoms with Crippen molar-refractivity contribution in [3.05, 3.63) is 0 Å². The van der Waals surface area contributed by atoms with Gasteiger partial charge in [0.15, 0.2) is 0 Å². The van der Waals surface area contributed by atoms with Crippen molar-refractivity contribution in [2.75, 3.05) is 0 Å². The zero-order valence-corrected chi connectivity index (χ0v) is 31.9. The first kappa shape index (κ1) is 33.1. The van der Waals surface area contributed by atoms with E-state index in [4.69, 9.17) is 0 Å². The number of hydrogen-bond acceptors (Lipinski definition) is 4. The summed E-state index contributed by atoms with van der Waals surface area (Å²) in [6.45, 7) is 5.05. The average Bonchev–Trinajstić information content (AvgIpc) is 2.47. The fraction of sp³-hybridized carbons (Fsp3) is 0.900. The molecule has 22 heavy (non-hydrogen) atoms. The fourth-order valence-corrected chi connectivity index (χ4v) is 3.85. The average molecular weight is 844 g/mol. The van der Waals surface area contributed by atoms with E-state index in [1.807, 2.05) is 0 Å². The van der Waals surface area contributed by atoms with Crippen molar-refractivity contribution in [2.24, 2.45) is 3.65 Å². The maximum atomic E-state index is 10.4. The van der Waals surface area contributed by atoms with E-state index in [0.717, 1.165) is 55.8 Å². The molecular weight excluding hydrogens is 820 g/mol. The van der Waals surface area contributed by atoms with Crippen molar-refractivity contribution in [1.29, 1.82) is 0 Å². The van der Waals surface area contributed by atoms with Crippen LogP contribution in [-0.2, 0) is 14.9 Å². The molecular formula is C10H24Ga3I3NO4S-. The molecule has 1 atom stereocenters. The molecule has 0 heterocycles. The van der Waals surface area contributed by atoms with Gasteiger partial charge in [0, 0.05) is 5.25 Å². The second-order valence-electron chi connectivity index (χ2n) is 3.90. The molecule has 0 N–H and O–H groups in total. The zero-order valence-electron chi connectivity index (χ0n) is 13.8. The Labute approximate surface area is 195 Å². The minimum absolute atomic E-state index is 0.0237. The van der Waals surface area contributed by atoms with Gasteiger partial charge in [0.2, 0.25) is 0 Å². The SMILES string of the molecule is CC(=O)[N]=[Ga][I].CCCCCCC(C)S(=O)(=O)[O-].[GaH2][I].[GaH2][I]. The van der Waals surface area contributed by atoms with E-state index in [-0.39, 0.29) is 5.91 Å². The molecule has 12 heteroatoms. The number of rotatable bonds is 6. The van der Waals surface area contributed by atoms with Gasteiger partial charge in [-0.2, -0.15) is 0 Å². The van der Waals surface area contributed by atoms with Crippen molar-refractivity contribution in [3.63, 3.8) is 0 Å². The monoisotopic (exact) mass is 842 g/mol. The third kappa shape index (κ3) is 34.7. The van der Waals surface area contributed by atoms with Crippen molar-refractivity contribution in [2.45, 2.75) is 58.1 Å². The Kier molecular flexibility index (Phi) is 40.2. The first-order valence-electron chi connectivity index (χ1n) is 6.59. The Morgan fingerprint density at radius 2 is 1.68 bits per heavy atom. The first-order chi connectivity index (χ1) is 10.3. The Bertz CT molecular complexity index is 359. The van der Waals surface area contributed by atoms with Gasteiger partial charge in [-0.25, -0.2) is 8.42 Å². The van der Waals surface area contributed by atoms with Crippen molar-refractivity contribution in [3.8, 4) is 0 Å². The number of carbonyl (C=O) groups excluding carboxylic acids is 1. The van der Waals surface area contributed by atoms with Crippen molar-refractivity contribution in [1.82, 2.24) is 0 Å². The molecule has 0 aromatic heterocycles. The summed E-state index contributed by atoms with van der Waals surface area (Å²) in [5.41, 5.74) is 0. The normalized spacial score (nSPS) is 10.7. The van der Waals surface area contributed by atoms with Crippen LogP contribution in [0, 0.1) is 0 Å². The third-order valence-corrected chi connectivity index (χ3v) is 5.82. The van der Waals surface area contributed by atoms with Crippen LogP contribution < -0.4 is 0 Å². The standard InChI is InChI=1S/C8H18O3S.C2H3NO.3Ga.3HI.4H/c1-3-4-5-6-7-8(2)12(9,10)11;1-2(3)4;;;;;;;;;;/h8H,3-7H2,1-2H3,(H,9,10,11);1H3;;;;3*1H;;;;/q;;3*+1;;;;;;;/p-4. The molecule has 0 bridgehead atoms. The summed E-state index contributed by atoms with van der Waals surface area (Å²) >= 11 is 8.40. The van der Waals surface area contributed by atoms with Crippen LogP contribution in [-0.4, -0.2) is 67.9 Å². The number of hydrogen-bond donors (Lipinski definition) is 0. The number of unbranched alkanes of at least 4 members (excludes halogenated alkanes) is 3. The molecule has 0 saturated heterocycles. The third-order valence-electron chi connectivity index (χ3n) is 2.19. The van der Waals surface area contributed by atoms with E-state index in [1.165, 1.54) is 13.8 Å². The Balaban J connectivity index is -0.000000136. The van der Waals surface area contributed by atoms with Gasteiger partial charge in [-0.15, -0.1) is 0 Å². The molecule has 0 aliphatic carbocycles. The summed E-state index contributed by atoms with van der Waals surface area (Å²) < 4.78 is 34.9. The Morgan fingerprint density at radius 1 is 1.23 bits per heavy atom. The van der Waals surface area contributed by atoms with Crippen molar-refractivity contribution < 1.29 is 17.8 Å². The molecule has 0 aliphatic rings. The predicted octanol–water partition coefficient (Wildman–Crippen LogP) is 2.60.